The van der Waals surface area contributed by atoms with Crippen LogP contribution in [0.3, 0.4) is 0 Å². The van der Waals surface area contributed by atoms with E-state index in [1.54, 1.807) is 0 Å². The molecule has 0 saturated heterocycles. The summed E-state index contributed by atoms with van der Waals surface area (Å²) in [6.45, 7) is 0.551. The molecule has 4 heteroatoms. The largest absolute Gasteiger partial charge is 0.492 e. The van der Waals surface area contributed by atoms with Crippen molar-refractivity contribution in [3.63, 3.8) is 0 Å². The molecule has 0 aromatic heterocycles. The number of nitrogen functional groups attached to an aromatic ring is 1. The normalized spacial score (nSPS) is 10.3. The number of halogens is 2. The third kappa shape index (κ3) is 3.40. The Morgan fingerprint density at radius 3 is 2.67 bits per heavy atom. The van der Waals surface area contributed by atoms with E-state index in [4.69, 9.17) is 22.1 Å². The number of para-hydroxylation sites is 1. The number of ether oxygens (including phenoxy) is 1. The van der Waals surface area contributed by atoms with Crippen molar-refractivity contribution in [1.29, 1.82) is 0 Å². The monoisotopic (exact) mass is 325 g/mol. The van der Waals surface area contributed by atoms with E-state index in [0.717, 1.165) is 22.1 Å². The summed E-state index contributed by atoms with van der Waals surface area (Å²) in [5, 5.41) is 0.602. The number of hydrogen-bond acceptors (Lipinski definition) is 2. The molecule has 0 radical (unpaired) electrons. The van der Waals surface area contributed by atoms with Crippen molar-refractivity contribution >= 4 is 33.2 Å². The fourth-order valence-corrected chi connectivity index (χ4v) is 2.35. The first-order valence-corrected chi connectivity index (χ1v) is 6.75. The molecule has 0 amide bonds. The predicted octanol–water partition coefficient (Wildman–Crippen LogP) is 4.31. The Labute approximate surface area is 120 Å². The van der Waals surface area contributed by atoms with Gasteiger partial charge in [-0.1, -0.05) is 45.7 Å². The lowest BCUT2D eigenvalue weighted by Crippen LogP contribution is -2.04. The van der Waals surface area contributed by atoms with Gasteiger partial charge in [-0.2, -0.15) is 0 Å². The topological polar surface area (TPSA) is 35.2 Å². The molecule has 2 aromatic carbocycles. The van der Waals surface area contributed by atoms with E-state index in [2.05, 4.69) is 15.9 Å². The molecule has 0 bridgehead atoms. The molecule has 0 heterocycles. The van der Waals surface area contributed by atoms with Gasteiger partial charge in [-0.3, -0.25) is 0 Å². The minimum Gasteiger partial charge on any atom is -0.492 e. The molecule has 0 aliphatic rings. The fraction of sp³-hybridized carbons (Fsp3) is 0.143. The highest BCUT2D eigenvalue weighted by Gasteiger charge is 2.03. The predicted molar refractivity (Wildman–Crippen MR) is 79.2 cm³/mol. The first-order chi connectivity index (χ1) is 8.66. The van der Waals surface area contributed by atoms with Gasteiger partial charge >= 0.3 is 0 Å². The summed E-state index contributed by atoms with van der Waals surface area (Å²) in [6, 6.07) is 13.3. The van der Waals surface area contributed by atoms with E-state index in [1.807, 2.05) is 42.5 Å². The lowest BCUT2D eigenvalue weighted by Gasteiger charge is -2.09. The van der Waals surface area contributed by atoms with Gasteiger partial charge in [-0.25, -0.2) is 0 Å². The standard InChI is InChI=1S/C14H13BrClNO/c15-11-5-6-14(12(16)9-11)18-8-7-10-3-1-2-4-13(10)17/h1-6,9H,7-8,17H2. The van der Waals surface area contributed by atoms with E-state index >= 15 is 0 Å². The smallest absolute Gasteiger partial charge is 0.137 e. The molecule has 0 spiro atoms. The van der Waals surface area contributed by atoms with Crippen LogP contribution in [0, 0.1) is 0 Å². The highest BCUT2D eigenvalue weighted by Crippen LogP contribution is 2.27. The maximum absolute atomic E-state index is 6.06. The Hall–Kier alpha value is -1.19. The molecule has 0 fully saturated rings. The molecule has 0 unspecified atom stereocenters. The zero-order valence-corrected chi connectivity index (χ0v) is 12.0. The van der Waals surface area contributed by atoms with E-state index in [-0.39, 0.29) is 0 Å². The van der Waals surface area contributed by atoms with Crippen LogP contribution in [0.2, 0.25) is 5.02 Å². The number of nitrogens with two attached hydrogens (primary N) is 1. The highest BCUT2D eigenvalue weighted by atomic mass is 79.9. The lowest BCUT2D eigenvalue weighted by atomic mass is 10.1. The van der Waals surface area contributed by atoms with Gasteiger partial charge in [0.1, 0.15) is 5.75 Å². The summed E-state index contributed by atoms with van der Waals surface area (Å²) in [5.74, 6) is 0.689. The second kappa shape index (κ2) is 6.12. The number of benzene rings is 2. The second-order valence-electron chi connectivity index (χ2n) is 3.87. The van der Waals surface area contributed by atoms with Crippen molar-refractivity contribution < 1.29 is 4.74 Å². The molecule has 94 valence electrons. The summed E-state index contributed by atoms with van der Waals surface area (Å²) in [5.41, 5.74) is 7.75. The average molecular weight is 327 g/mol. The molecule has 18 heavy (non-hydrogen) atoms. The van der Waals surface area contributed by atoms with Gasteiger partial charge in [0, 0.05) is 16.6 Å². The third-order valence-electron chi connectivity index (χ3n) is 2.58. The SMILES string of the molecule is Nc1ccccc1CCOc1ccc(Br)cc1Cl. The Kier molecular flexibility index (Phi) is 4.50. The second-order valence-corrected chi connectivity index (χ2v) is 5.19. The zero-order valence-electron chi connectivity index (χ0n) is 9.70. The first-order valence-electron chi connectivity index (χ1n) is 5.58. The molecule has 0 atom stereocenters. The Bertz CT molecular complexity index is 545. The average Bonchev–Trinajstić information content (AvgIpc) is 2.34. The van der Waals surface area contributed by atoms with Gasteiger partial charge in [0.25, 0.3) is 0 Å². The minimum atomic E-state index is 0.551. The van der Waals surface area contributed by atoms with Crippen molar-refractivity contribution in [3.05, 3.63) is 57.5 Å². The number of hydrogen-bond donors (Lipinski definition) is 1. The van der Waals surface area contributed by atoms with E-state index < -0.39 is 0 Å². The van der Waals surface area contributed by atoms with Crippen LogP contribution >= 0.6 is 27.5 Å². The van der Waals surface area contributed by atoms with E-state index in [0.29, 0.717) is 17.4 Å². The molecular weight excluding hydrogens is 314 g/mol. The molecule has 2 nitrogen and oxygen atoms in total. The summed E-state index contributed by atoms with van der Waals surface area (Å²) < 4.78 is 6.58. The van der Waals surface area contributed by atoms with Crippen LogP contribution < -0.4 is 10.5 Å². The Balaban J connectivity index is 1.95. The summed E-state index contributed by atoms with van der Waals surface area (Å²) in [7, 11) is 0. The summed E-state index contributed by atoms with van der Waals surface area (Å²) in [4.78, 5) is 0. The van der Waals surface area contributed by atoms with Gasteiger partial charge in [0.2, 0.25) is 0 Å². The Morgan fingerprint density at radius 2 is 1.94 bits per heavy atom. The number of anilines is 1. The van der Waals surface area contributed by atoms with Crippen LogP contribution in [0.25, 0.3) is 0 Å². The van der Waals surface area contributed by atoms with Gasteiger partial charge in [0.15, 0.2) is 0 Å². The molecule has 2 N–H and O–H groups in total. The van der Waals surface area contributed by atoms with Crippen molar-refractivity contribution in [2.45, 2.75) is 6.42 Å². The summed E-state index contributed by atoms with van der Waals surface area (Å²) in [6.07, 6.45) is 0.763. The quantitative estimate of drug-likeness (QED) is 0.850. The zero-order chi connectivity index (χ0) is 13.0. The van der Waals surface area contributed by atoms with Crippen molar-refractivity contribution in [3.8, 4) is 5.75 Å². The molecule has 2 aromatic rings. The van der Waals surface area contributed by atoms with Crippen LogP contribution in [0.5, 0.6) is 5.75 Å². The highest BCUT2D eigenvalue weighted by molar-refractivity contribution is 9.10. The Morgan fingerprint density at radius 1 is 1.17 bits per heavy atom. The molecule has 0 aliphatic carbocycles. The van der Waals surface area contributed by atoms with Gasteiger partial charge in [0.05, 0.1) is 11.6 Å². The lowest BCUT2D eigenvalue weighted by molar-refractivity contribution is 0.322. The van der Waals surface area contributed by atoms with Gasteiger partial charge < -0.3 is 10.5 Å². The maximum atomic E-state index is 6.06. The van der Waals surface area contributed by atoms with Crippen molar-refractivity contribution in [2.75, 3.05) is 12.3 Å². The fourth-order valence-electron chi connectivity index (χ4n) is 1.63. The minimum absolute atomic E-state index is 0.551. The van der Waals surface area contributed by atoms with Gasteiger partial charge in [-0.05, 0) is 29.8 Å². The van der Waals surface area contributed by atoms with Crippen molar-refractivity contribution in [1.82, 2.24) is 0 Å². The van der Waals surface area contributed by atoms with E-state index in [9.17, 15) is 0 Å². The van der Waals surface area contributed by atoms with Crippen molar-refractivity contribution in [2.24, 2.45) is 0 Å². The summed E-state index contributed by atoms with van der Waals surface area (Å²) >= 11 is 9.42. The molecule has 2 rings (SSSR count). The number of rotatable bonds is 4. The van der Waals surface area contributed by atoms with Crippen LogP contribution in [0.1, 0.15) is 5.56 Å². The molecule has 0 saturated carbocycles. The van der Waals surface area contributed by atoms with Crippen LogP contribution in [-0.2, 0) is 6.42 Å². The third-order valence-corrected chi connectivity index (χ3v) is 3.37. The molecular formula is C14H13BrClNO. The first kappa shape index (κ1) is 13.2. The van der Waals surface area contributed by atoms with Gasteiger partial charge in [-0.15, -0.1) is 0 Å². The molecule has 0 aliphatic heterocycles. The van der Waals surface area contributed by atoms with Crippen LogP contribution in [0.15, 0.2) is 46.9 Å². The van der Waals surface area contributed by atoms with Crippen LogP contribution in [-0.4, -0.2) is 6.61 Å². The van der Waals surface area contributed by atoms with Crippen LogP contribution in [0.4, 0.5) is 5.69 Å². The maximum Gasteiger partial charge on any atom is 0.137 e. The van der Waals surface area contributed by atoms with E-state index in [1.165, 1.54) is 0 Å².